The van der Waals surface area contributed by atoms with Gasteiger partial charge in [-0.2, -0.15) is 0 Å². The smallest absolute Gasteiger partial charge is 0.252 e. The van der Waals surface area contributed by atoms with Gasteiger partial charge in [0.05, 0.1) is 5.56 Å². The van der Waals surface area contributed by atoms with Crippen LogP contribution in [0.4, 0.5) is 0 Å². The number of hydrogen-bond acceptors (Lipinski definition) is 2. The maximum Gasteiger partial charge on any atom is 0.252 e. The summed E-state index contributed by atoms with van der Waals surface area (Å²) >= 11 is 2.24. The van der Waals surface area contributed by atoms with Crippen LogP contribution in [0.3, 0.4) is 0 Å². The molecule has 0 aliphatic heterocycles. The van der Waals surface area contributed by atoms with Gasteiger partial charge in [-0.1, -0.05) is 18.1 Å². The highest BCUT2D eigenvalue weighted by atomic mass is 127. The van der Waals surface area contributed by atoms with E-state index < -0.39 is 0 Å². The summed E-state index contributed by atoms with van der Waals surface area (Å²) in [4.78, 5) is 12.7. The van der Waals surface area contributed by atoms with Crippen molar-refractivity contribution < 1.29 is 4.79 Å². The molecule has 2 aliphatic rings. The lowest BCUT2D eigenvalue weighted by Gasteiger charge is -2.45. The Balaban J connectivity index is 0.00000176. The van der Waals surface area contributed by atoms with E-state index in [0.717, 1.165) is 27.5 Å². The van der Waals surface area contributed by atoms with E-state index in [1.807, 2.05) is 25.1 Å². The number of nitrogens with one attached hydrogen (secondary N) is 1. The van der Waals surface area contributed by atoms with Gasteiger partial charge >= 0.3 is 0 Å². The molecule has 0 heterocycles. The van der Waals surface area contributed by atoms with Crippen molar-refractivity contribution >= 4 is 40.9 Å². The molecule has 2 fully saturated rings. The zero-order valence-electron chi connectivity index (χ0n) is 12.8. The van der Waals surface area contributed by atoms with Crippen LogP contribution in [0.25, 0.3) is 0 Å². The fourth-order valence-corrected chi connectivity index (χ4v) is 4.65. The molecule has 2 aliphatic carbocycles. The van der Waals surface area contributed by atoms with Gasteiger partial charge in [0.1, 0.15) is 0 Å². The van der Waals surface area contributed by atoms with Crippen molar-refractivity contribution in [2.45, 2.75) is 51.1 Å². The zero-order chi connectivity index (χ0) is 15.0. The summed E-state index contributed by atoms with van der Waals surface area (Å²) in [5, 5.41) is 3.33. The maximum absolute atomic E-state index is 12.7. The van der Waals surface area contributed by atoms with Gasteiger partial charge in [0.25, 0.3) is 5.91 Å². The Kier molecular flexibility index (Phi) is 6.14. The van der Waals surface area contributed by atoms with E-state index in [2.05, 4.69) is 27.9 Å². The molecule has 1 aromatic rings. The number of carbonyl (C=O) groups is 1. The van der Waals surface area contributed by atoms with Crippen LogP contribution < -0.4 is 11.1 Å². The van der Waals surface area contributed by atoms with Crippen LogP contribution in [-0.2, 0) is 0 Å². The van der Waals surface area contributed by atoms with E-state index >= 15 is 0 Å². The van der Waals surface area contributed by atoms with E-state index in [-0.39, 0.29) is 18.3 Å². The van der Waals surface area contributed by atoms with Crippen LogP contribution in [0.5, 0.6) is 0 Å². The number of fused-ring (bicyclic) bond motifs is 2. The number of nitrogens with two attached hydrogens (primary N) is 1. The molecule has 0 radical (unpaired) electrons. The van der Waals surface area contributed by atoms with Crippen molar-refractivity contribution in [1.29, 1.82) is 0 Å². The fraction of sp³-hybridized carbons (Fsp3) is 0.588. The molecule has 2 atom stereocenters. The quantitative estimate of drug-likeness (QED) is 0.698. The largest absolute Gasteiger partial charge is 0.349 e. The predicted octanol–water partition coefficient (Wildman–Crippen LogP) is 3.66. The molecule has 0 saturated heterocycles. The summed E-state index contributed by atoms with van der Waals surface area (Å²) in [6.07, 6.45) is 5.83. The predicted molar refractivity (Wildman–Crippen MR) is 100 cm³/mol. The molecule has 2 saturated carbocycles. The zero-order valence-corrected chi connectivity index (χ0v) is 15.8. The molecular weight excluding hydrogens is 411 g/mol. The van der Waals surface area contributed by atoms with Gasteiger partial charge in [-0.25, -0.2) is 0 Å². The minimum atomic E-state index is 0. The first-order chi connectivity index (χ1) is 10.0. The molecule has 0 aromatic heterocycles. The number of rotatable bonds is 2. The van der Waals surface area contributed by atoms with Crippen molar-refractivity contribution in [3.8, 4) is 0 Å². The number of carbonyl (C=O) groups excluding carboxylic acids is 1. The topological polar surface area (TPSA) is 55.1 Å². The number of amides is 1. The summed E-state index contributed by atoms with van der Waals surface area (Å²) in [7, 11) is 0. The number of aryl methyl sites for hydroxylation is 1. The Labute approximate surface area is 152 Å². The van der Waals surface area contributed by atoms with E-state index in [0.29, 0.717) is 23.9 Å². The molecule has 5 heteroatoms. The highest BCUT2D eigenvalue weighted by molar-refractivity contribution is 14.1. The summed E-state index contributed by atoms with van der Waals surface area (Å²) < 4.78 is 1.02. The number of halogens is 2. The molecule has 0 spiro atoms. The summed E-state index contributed by atoms with van der Waals surface area (Å²) in [5.74, 6) is 1.22. The molecule has 3 rings (SSSR count). The third kappa shape index (κ3) is 3.77. The van der Waals surface area contributed by atoms with Crippen LogP contribution in [0, 0.1) is 22.3 Å². The van der Waals surface area contributed by atoms with Crippen molar-refractivity contribution in [2.75, 3.05) is 0 Å². The Bertz CT molecular complexity index is 537. The van der Waals surface area contributed by atoms with Crippen molar-refractivity contribution in [1.82, 2.24) is 5.32 Å². The van der Waals surface area contributed by atoms with Crippen molar-refractivity contribution in [2.24, 2.45) is 17.6 Å². The first kappa shape index (κ1) is 18.0. The van der Waals surface area contributed by atoms with Crippen LogP contribution in [-0.4, -0.2) is 18.0 Å². The minimum Gasteiger partial charge on any atom is -0.349 e. The first-order valence-electron chi connectivity index (χ1n) is 7.87. The molecule has 2 unspecified atom stereocenters. The summed E-state index contributed by atoms with van der Waals surface area (Å²) in [6.45, 7) is 2.03. The molecule has 1 amide bonds. The van der Waals surface area contributed by atoms with Crippen molar-refractivity contribution in [3.05, 3.63) is 32.9 Å². The van der Waals surface area contributed by atoms with Gasteiger partial charge in [-0.3, -0.25) is 4.79 Å². The Morgan fingerprint density at radius 2 is 1.91 bits per heavy atom. The third-order valence-corrected chi connectivity index (χ3v) is 5.98. The van der Waals surface area contributed by atoms with Gasteiger partial charge < -0.3 is 11.1 Å². The van der Waals surface area contributed by atoms with Crippen LogP contribution >= 0.6 is 35.0 Å². The second-order valence-electron chi connectivity index (χ2n) is 6.67. The molecule has 22 heavy (non-hydrogen) atoms. The third-order valence-electron chi connectivity index (χ3n) is 5.04. The van der Waals surface area contributed by atoms with E-state index in [4.69, 9.17) is 5.73 Å². The standard InChI is InChI=1S/C17H23IN2O.ClH/c1-10-5-6-15(18)14(7-10)17(21)20-16-11-3-2-4-12(16)9-13(19)8-11;/h5-7,11-13,16H,2-4,8-9,19H2,1H3,(H,20,21);1H. The van der Waals surface area contributed by atoms with Gasteiger partial charge in [-0.15, -0.1) is 12.4 Å². The molecule has 1 aromatic carbocycles. The first-order valence-corrected chi connectivity index (χ1v) is 8.95. The Morgan fingerprint density at radius 3 is 2.55 bits per heavy atom. The average molecular weight is 435 g/mol. The number of hydrogen-bond donors (Lipinski definition) is 2. The maximum atomic E-state index is 12.7. The fourth-order valence-electron chi connectivity index (χ4n) is 4.07. The molecule has 2 bridgehead atoms. The van der Waals surface area contributed by atoms with Crippen LogP contribution in [0.15, 0.2) is 18.2 Å². The normalized spacial score (nSPS) is 30.3. The lowest BCUT2D eigenvalue weighted by Crippen LogP contribution is -2.53. The molecular formula is C17H24ClIN2O. The van der Waals surface area contributed by atoms with Gasteiger partial charge in [0.2, 0.25) is 0 Å². The molecule has 3 nitrogen and oxygen atoms in total. The van der Waals surface area contributed by atoms with Gasteiger partial charge in [-0.05, 0) is 79.2 Å². The summed E-state index contributed by atoms with van der Waals surface area (Å²) in [5.41, 5.74) is 8.10. The SMILES string of the molecule is Cc1ccc(I)c(C(=O)NC2C3CCCC2CC(N)C3)c1.Cl. The van der Waals surface area contributed by atoms with E-state index in [1.54, 1.807) is 0 Å². The minimum absolute atomic E-state index is 0. The van der Waals surface area contributed by atoms with Gasteiger partial charge in [0.15, 0.2) is 0 Å². The Hall–Kier alpha value is -0.330. The highest BCUT2D eigenvalue weighted by Gasteiger charge is 2.40. The van der Waals surface area contributed by atoms with Gasteiger partial charge in [0, 0.05) is 15.7 Å². The monoisotopic (exact) mass is 434 g/mol. The van der Waals surface area contributed by atoms with Crippen LogP contribution in [0.1, 0.15) is 48.0 Å². The van der Waals surface area contributed by atoms with Crippen molar-refractivity contribution in [3.63, 3.8) is 0 Å². The summed E-state index contributed by atoms with van der Waals surface area (Å²) in [6, 6.07) is 6.70. The van der Waals surface area contributed by atoms with E-state index in [9.17, 15) is 4.79 Å². The molecule has 122 valence electrons. The van der Waals surface area contributed by atoms with E-state index in [1.165, 1.54) is 19.3 Å². The lowest BCUT2D eigenvalue weighted by molar-refractivity contribution is 0.0755. The lowest BCUT2D eigenvalue weighted by atomic mass is 9.67. The average Bonchev–Trinajstić information content (AvgIpc) is 2.42. The number of benzene rings is 1. The molecule has 3 N–H and O–H groups in total. The highest BCUT2D eigenvalue weighted by Crippen LogP contribution is 2.39. The second-order valence-corrected chi connectivity index (χ2v) is 7.83. The van der Waals surface area contributed by atoms with Crippen LogP contribution in [0.2, 0.25) is 0 Å². The second kappa shape index (κ2) is 7.49. The Morgan fingerprint density at radius 1 is 1.27 bits per heavy atom.